The van der Waals surface area contributed by atoms with Crippen LogP contribution in [0.4, 0.5) is 5.69 Å². The monoisotopic (exact) mass is 364 g/mol. The maximum Gasteiger partial charge on any atom is 0.229 e. The average molecular weight is 364 g/mol. The zero-order valence-corrected chi connectivity index (χ0v) is 16.6. The highest BCUT2D eigenvalue weighted by molar-refractivity contribution is 5.97. The van der Waals surface area contributed by atoms with Crippen LogP contribution in [-0.4, -0.2) is 23.3 Å². The van der Waals surface area contributed by atoms with Gasteiger partial charge in [-0.15, -0.1) is 0 Å². The Morgan fingerprint density at radius 1 is 1.11 bits per heavy atom. The van der Waals surface area contributed by atoms with Gasteiger partial charge in [0.15, 0.2) is 0 Å². The van der Waals surface area contributed by atoms with Gasteiger partial charge in [0, 0.05) is 25.2 Å². The molecule has 142 valence electrons. The molecule has 2 amide bonds. The van der Waals surface area contributed by atoms with Crippen molar-refractivity contribution in [2.75, 3.05) is 11.9 Å². The summed E-state index contributed by atoms with van der Waals surface area (Å²) in [6.45, 7) is 9.44. The highest BCUT2D eigenvalue weighted by atomic mass is 16.2. The molecule has 1 aliphatic rings. The van der Waals surface area contributed by atoms with Crippen molar-refractivity contribution in [2.24, 2.45) is 5.92 Å². The summed E-state index contributed by atoms with van der Waals surface area (Å²) >= 11 is 0. The number of hydrogen-bond donors (Lipinski definition) is 1. The van der Waals surface area contributed by atoms with E-state index in [-0.39, 0.29) is 29.6 Å². The molecule has 4 nitrogen and oxygen atoms in total. The zero-order valence-electron chi connectivity index (χ0n) is 16.6. The summed E-state index contributed by atoms with van der Waals surface area (Å²) in [4.78, 5) is 27.0. The Bertz CT molecular complexity index is 834. The molecule has 1 fully saturated rings. The Morgan fingerprint density at radius 2 is 1.78 bits per heavy atom. The Morgan fingerprint density at radius 3 is 2.44 bits per heavy atom. The van der Waals surface area contributed by atoms with E-state index in [0.717, 1.165) is 16.8 Å². The second-order valence-electron chi connectivity index (χ2n) is 8.45. The van der Waals surface area contributed by atoms with Gasteiger partial charge in [0.05, 0.1) is 5.92 Å². The lowest BCUT2D eigenvalue weighted by Gasteiger charge is -2.23. The first-order chi connectivity index (χ1) is 12.7. The van der Waals surface area contributed by atoms with Gasteiger partial charge in [-0.05, 0) is 29.5 Å². The van der Waals surface area contributed by atoms with Crippen molar-refractivity contribution in [3.05, 3.63) is 65.2 Å². The number of likely N-dealkylation sites (tertiary alicyclic amines) is 1. The van der Waals surface area contributed by atoms with Gasteiger partial charge in [0.25, 0.3) is 0 Å². The van der Waals surface area contributed by atoms with E-state index >= 15 is 0 Å². The van der Waals surface area contributed by atoms with Crippen LogP contribution in [0.25, 0.3) is 0 Å². The van der Waals surface area contributed by atoms with Crippen LogP contribution in [0.1, 0.15) is 43.9 Å². The third-order valence-electron chi connectivity index (χ3n) is 5.07. The van der Waals surface area contributed by atoms with Crippen LogP contribution in [0.15, 0.2) is 48.5 Å². The number of nitrogens with one attached hydrogen (secondary N) is 1. The van der Waals surface area contributed by atoms with E-state index in [1.807, 2.05) is 55.5 Å². The molecule has 3 rings (SSSR count). The molecule has 0 bridgehead atoms. The Kier molecular flexibility index (Phi) is 5.36. The highest BCUT2D eigenvalue weighted by Crippen LogP contribution is 2.30. The fraction of sp³-hybridized carbons (Fsp3) is 0.391. The molecule has 4 heteroatoms. The number of carbonyl (C=O) groups excluding carboxylic acids is 2. The first kappa shape index (κ1) is 19.2. The minimum atomic E-state index is -0.309. The second kappa shape index (κ2) is 7.55. The number of para-hydroxylation sites is 1. The quantitative estimate of drug-likeness (QED) is 0.880. The molecule has 1 heterocycles. The molecule has 1 saturated heterocycles. The Hall–Kier alpha value is -2.62. The minimum absolute atomic E-state index is 0.0415. The molecule has 0 aromatic heterocycles. The standard InChI is InChI=1S/C23H28N2O2/c1-16-9-11-17(12-10-16)14-25-15-18(13-21(25)26)22(27)24-20-8-6-5-7-19(20)23(2,3)4/h5-12,18H,13-15H2,1-4H3,(H,24,27). The van der Waals surface area contributed by atoms with Gasteiger partial charge in [-0.25, -0.2) is 0 Å². The van der Waals surface area contributed by atoms with E-state index in [0.29, 0.717) is 13.1 Å². The summed E-state index contributed by atoms with van der Waals surface area (Å²) < 4.78 is 0. The van der Waals surface area contributed by atoms with Crippen molar-refractivity contribution in [3.63, 3.8) is 0 Å². The summed E-state index contributed by atoms with van der Waals surface area (Å²) in [5.74, 6) is -0.345. The predicted octanol–water partition coefficient (Wildman–Crippen LogP) is 4.28. The molecule has 1 unspecified atom stereocenters. The minimum Gasteiger partial charge on any atom is -0.338 e. The third kappa shape index (κ3) is 4.57. The molecule has 0 aliphatic carbocycles. The van der Waals surface area contributed by atoms with Crippen molar-refractivity contribution >= 4 is 17.5 Å². The smallest absolute Gasteiger partial charge is 0.229 e. The van der Waals surface area contributed by atoms with Crippen LogP contribution in [0.3, 0.4) is 0 Å². The van der Waals surface area contributed by atoms with Crippen LogP contribution >= 0.6 is 0 Å². The zero-order chi connectivity index (χ0) is 19.6. The van der Waals surface area contributed by atoms with E-state index in [2.05, 4.69) is 26.1 Å². The third-order valence-corrected chi connectivity index (χ3v) is 5.07. The molecule has 0 spiro atoms. The highest BCUT2D eigenvalue weighted by Gasteiger charge is 2.34. The molecule has 0 radical (unpaired) electrons. The molecule has 1 N–H and O–H groups in total. The van der Waals surface area contributed by atoms with Gasteiger partial charge < -0.3 is 10.2 Å². The number of rotatable bonds is 4. The summed E-state index contributed by atoms with van der Waals surface area (Å²) in [5.41, 5.74) is 4.15. The lowest BCUT2D eigenvalue weighted by Crippen LogP contribution is -2.28. The molecule has 1 aliphatic heterocycles. The van der Waals surface area contributed by atoms with E-state index in [4.69, 9.17) is 0 Å². The number of carbonyl (C=O) groups is 2. The molecule has 1 atom stereocenters. The van der Waals surface area contributed by atoms with E-state index in [1.165, 1.54) is 5.56 Å². The number of anilines is 1. The fourth-order valence-electron chi connectivity index (χ4n) is 3.50. The molecular weight excluding hydrogens is 336 g/mol. The molecule has 2 aromatic carbocycles. The Labute approximate surface area is 161 Å². The Balaban J connectivity index is 1.67. The molecule has 2 aromatic rings. The van der Waals surface area contributed by atoms with Crippen molar-refractivity contribution in [3.8, 4) is 0 Å². The van der Waals surface area contributed by atoms with Crippen molar-refractivity contribution in [2.45, 2.75) is 46.1 Å². The number of nitrogens with zero attached hydrogens (tertiary/aromatic N) is 1. The van der Waals surface area contributed by atoms with Crippen molar-refractivity contribution < 1.29 is 9.59 Å². The van der Waals surface area contributed by atoms with Gasteiger partial charge in [-0.3, -0.25) is 9.59 Å². The second-order valence-corrected chi connectivity index (χ2v) is 8.45. The summed E-state index contributed by atoms with van der Waals surface area (Å²) in [6.07, 6.45) is 0.273. The first-order valence-corrected chi connectivity index (χ1v) is 9.48. The number of amides is 2. The largest absolute Gasteiger partial charge is 0.338 e. The maximum absolute atomic E-state index is 12.8. The summed E-state index contributed by atoms with van der Waals surface area (Å²) in [7, 11) is 0. The van der Waals surface area contributed by atoms with Gasteiger partial charge >= 0.3 is 0 Å². The van der Waals surface area contributed by atoms with Crippen molar-refractivity contribution in [1.29, 1.82) is 0 Å². The lowest BCUT2D eigenvalue weighted by atomic mass is 9.85. The number of hydrogen-bond acceptors (Lipinski definition) is 2. The van der Waals surface area contributed by atoms with E-state index in [1.54, 1.807) is 4.90 Å². The lowest BCUT2D eigenvalue weighted by molar-refractivity contribution is -0.128. The predicted molar refractivity (Wildman–Crippen MR) is 108 cm³/mol. The van der Waals surface area contributed by atoms with Crippen LogP contribution in [0.2, 0.25) is 0 Å². The average Bonchev–Trinajstić information content (AvgIpc) is 2.97. The van der Waals surface area contributed by atoms with Gasteiger partial charge in [-0.2, -0.15) is 0 Å². The van der Waals surface area contributed by atoms with Gasteiger partial charge in [-0.1, -0.05) is 68.8 Å². The van der Waals surface area contributed by atoms with E-state index < -0.39 is 0 Å². The summed E-state index contributed by atoms with van der Waals surface area (Å²) in [5, 5.41) is 3.05. The maximum atomic E-state index is 12.8. The van der Waals surface area contributed by atoms with Crippen LogP contribution < -0.4 is 5.32 Å². The van der Waals surface area contributed by atoms with Crippen molar-refractivity contribution in [1.82, 2.24) is 4.90 Å². The van der Waals surface area contributed by atoms with Gasteiger partial charge in [0.1, 0.15) is 0 Å². The normalized spacial score (nSPS) is 17.3. The molecule has 27 heavy (non-hydrogen) atoms. The first-order valence-electron chi connectivity index (χ1n) is 9.48. The van der Waals surface area contributed by atoms with E-state index in [9.17, 15) is 9.59 Å². The topological polar surface area (TPSA) is 49.4 Å². The number of benzene rings is 2. The van der Waals surface area contributed by atoms with Crippen LogP contribution in [0, 0.1) is 12.8 Å². The number of aryl methyl sites for hydroxylation is 1. The molecule has 0 saturated carbocycles. The molecular formula is C23H28N2O2. The SMILES string of the molecule is Cc1ccc(CN2CC(C(=O)Nc3ccccc3C(C)(C)C)CC2=O)cc1. The summed E-state index contributed by atoms with van der Waals surface area (Å²) in [6, 6.07) is 16.0. The van der Waals surface area contributed by atoms with Crippen LogP contribution in [-0.2, 0) is 21.5 Å². The fourth-order valence-corrected chi connectivity index (χ4v) is 3.50. The van der Waals surface area contributed by atoms with Crippen LogP contribution in [0.5, 0.6) is 0 Å². The van der Waals surface area contributed by atoms with Gasteiger partial charge in [0.2, 0.25) is 11.8 Å².